The highest BCUT2D eigenvalue weighted by molar-refractivity contribution is 5.42. The molecule has 2 aliphatic heterocycles. The van der Waals surface area contributed by atoms with Crippen LogP contribution in [0.25, 0.3) is 0 Å². The van der Waals surface area contributed by atoms with Gasteiger partial charge < -0.3 is 19.7 Å². The second-order valence-electron chi connectivity index (χ2n) is 6.88. The molecule has 0 radical (unpaired) electrons. The smallest absolute Gasteiger partial charge is 0.327 e. The summed E-state index contributed by atoms with van der Waals surface area (Å²) in [4.78, 5) is 2.34. The van der Waals surface area contributed by atoms with Crippen molar-refractivity contribution < 1.29 is 19.7 Å². The standard InChI is InChI=1S/C19H31NO4/c1-5-15(21)8-6-7-13(2)18-16-11-17(22)19(23-4)24-12-14(16)9-10-20(18)3/h11-13,15,18,21-22H,5-10H2,1-4H3. The molecule has 0 aliphatic carbocycles. The fourth-order valence-corrected chi connectivity index (χ4v) is 3.63. The molecule has 136 valence electrons. The molecule has 0 spiro atoms. The van der Waals surface area contributed by atoms with E-state index in [0.717, 1.165) is 49.8 Å². The zero-order chi connectivity index (χ0) is 17.7. The molecule has 2 heterocycles. The van der Waals surface area contributed by atoms with Gasteiger partial charge in [-0.25, -0.2) is 0 Å². The summed E-state index contributed by atoms with van der Waals surface area (Å²) in [5, 5.41) is 20.0. The Morgan fingerprint density at radius 3 is 2.83 bits per heavy atom. The number of aliphatic hydroxyl groups is 2. The van der Waals surface area contributed by atoms with Crippen LogP contribution in [0.2, 0.25) is 0 Å². The molecule has 0 amide bonds. The van der Waals surface area contributed by atoms with Crippen LogP contribution in [-0.4, -0.2) is 48.0 Å². The van der Waals surface area contributed by atoms with Crippen molar-refractivity contribution in [3.8, 4) is 0 Å². The van der Waals surface area contributed by atoms with Crippen molar-refractivity contribution in [3.05, 3.63) is 35.2 Å². The van der Waals surface area contributed by atoms with Gasteiger partial charge in [0.1, 0.15) is 0 Å². The summed E-state index contributed by atoms with van der Waals surface area (Å²) in [5.41, 5.74) is 2.23. The van der Waals surface area contributed by atoms with Crippen LogP contribution in [0.15, 0.2) is 35.2 Å². The summed E-state index contributed by atoms with van der Waals surface area (Å²) >= 11 is 0. The SMILES string of the molecule is CCC(O)CCCC(C)C1C2=CC(O)=C(OC)OC=C2CCN1C. The van der Waals surface area contributed by atoms with E-state index in [9.17, 15) is 10.2 Å². The Kier molecular flexibility index (Phi) is 6.75. The van der Waals surface area contributed by atoms with Crippen molar-refractivity contribution in [3.63, 3.8) is 0 Å². The molecule has 2 aliphatic rings. The molecule has 5 heteroatoms. The summed E-state index contributed by atoms with van der Waals surface area (Å²) in [6.45, 7) is 5.22. The molecule has 0 bridgehead atoms. The second-order valence-corrected chi connectivity index (χ2v) is 6.88. The predicted octanol–water partition coefficient (Wildman–Crippen LogP) is 3.48. The molecule has 2 N–H and O–H groups in total. The first-order valence-corrected chi connectivity index (χ1v) is 8.91. The number of ether oxygens (including phenoxy) is 2. The first-order chi connectivity index (χ1) is 11.5. The van der Waals surface area contributed by atoms with E-state index in [1.54, 1.807) is 12.3 Å². The van der Waals surface area contributed by atoms with Crippen LogP contribution in [0, 0.1) is 5.92 Å². The third-order valence-electron chi connectivity index (χ3n) is 5.10. The van der Waals surface area contributed by atoms with Crippen molar-refractivity contribution in [2.75, 3.05) is 20.7 Å². The predicted molar refractivity (Wildman–Crippen MR) is 94.3 cm³/mol. The molecule has 5 nitrogen and oxygen atoms in total. The minimum Gasteiger partial charge on any atom is -0.502 e. The molecule has 0 aromatic carbocycles. The summed E-state index contributed by atoms with van der Waals surface area (Å²) in [6, 6.07) is 0.228. The van der Waals surface area contributed by atoms with Gasteiger partial charge >= 0.3 is 5.95 Å². The molecule has 0 aromatic heterocycles. The summed E-state index contributed by atoms with van der Waals surface area (Å²) in [7, 11) is 3.62. The molecule has 2 rings (SSSR count). The maximum atomic E-state index is 10.2. The van der Waals surface area contributed by atoms with Gasteiger partial charge in [-0.05, 0) is 55.9 Å². The maximum Gasteiger partial charge on any atom is 0.327 e. The Balaban J connectivity index is 2.15. The zero-order valence-electron chi connectivity index (χ0n) is 15.3. The van der Waals surface area contributed by atoms with Gasteiger partial charge in [-0.15, -0.1) is 0 Å². The molecular formula is C19H31NO4. The minimum atomic E-state index is -0.196. The molecule has 1 fully saturated rings. The van der Waals surface area contributed by atoms with Crippen LogP contribution >= 0.6 is 0 Å². The van der Waals surface area contributed by atoms with Crippen LogP contribution in [-0.2, 0) is 9.47 Å². The molecule has 1 saturated heterocycles. The lowest BCUT2D eigenvalue weighted by Crippen LogP contribution is -2.43. The highest BCUT2D eigenvalue weighted by Gasteiger charge is 2.33. The number of likely N-dealkylation sites (tertiary alicyclic amines) is 1. The molecule has 24 heavy (non-hydrogen) atoms. The number of piperidine rings is 1. The summed E-state index contributed by atoms with van der Waals surface area (Å²) in [6.07, 6.45) is 7.90. The van der Waals surface area contributed by atoms with Crippen molar-refractivity contribution in [1.82, 2.24) is 4.90 Å². The van der Waals surface area contributed by atoms with Crippen LogP contribution in [0.4, 0.5) is 0 Å². The van der Waals surface area contributed by atoms with Crippen LogP contribution in [0.5, 0.6) is 0 Å². The highest BCUT2D eigenvalue weighted by atomic mass is 16.7. The number of hydrogen-bond acceptors (Lipinski definition) is 5. The average molecular weight is 337 g/mol. The molecule has 0 aromatic rings. The van der Waals surface area contributed by atoms with Gasteiger partial charge in [0.2, 0.25) is 0 Å². The van der Waals surface area contributed by atoms with Crippen LogP contribution in [0.3, 0.4) is 0 Å². The number of likely N-dealkylation sites (N-methyl/N-ethyl adjacent to an activating group) is 1. The Morgan fingerprint density at radius 1 is 1.42 bits per heavy atom. The number of hydrogen-bond donors (Lipinski definition) is 2. The third kappa shape index (κ3) is 4.33. The lowest BCUT2D eigenvalue weighted by atomic mass is 9.81. The number of nitrogens with zero attached hydrogens (tertiary/aromatic N) is 1. The lowest BCUT2D eigenvalue weighted by molar-refractivity contribution is 0.101. The quantitative estimate of drug-likeness (QED) is 0.745. The normalized spacial score (nSPS) is 24.3. The maximum absolute atomic E-state index is 10.2. The summed E-state index contributed by atoms with van der Waals surface area (Å²) < 4.78 is 10.6. The lowest BCUT2D eigenvalue weighted by Gasteiger charge is -2.39. The third-order valence-corrected chi connectivity index (χ3v) is 5.10. The van der Waals surface area contributed by atoms with Gasteiger partial charge in [-0.1, -0.05) is 20.3 Å². The van der Waals surface area contributed by atoms with Gasteiger partial charge in [0.15, 0.2) is 5.76 Å². The first kappa shape index (κ1) is 18.9. The van der Waals surface area contributed by atoms with E-state index < -0.39 is 0 Å². The van der Waals surface area contributed by atoms with E-state index in [1.165, 1.54) is 7.11 Å². The van der Waals surface area contributed by atoms with E-state index >= 15 is 0 Å². The monoisotopic (exact) mass is 337 g/mol. The molecule has 0 saturated carbocycles. The topological polar surface area (TPSA) is 62.2 Å². The highest BCUT2D eigenvalue weighted by Crippen LogP contribution is 2.36. The van der Waals surface area contributed by atoms with E-state index in [-0.39, 0.29) is 23.9 Å². The molecular weight excluding hydrogens is 306 g/mol. The Bertz CT molecular complexity index is 523. The Morgan fingerprint density at radius 2 is 2.17 bits per heavy atom. The number of methoxy groups -OCH3 is 1. The second kappa shape index (κ2) is 8.58. The number of rotatable bonds is 7. The van der Waals surface area contributed by atoms with E-state index in [1.807, 2.05) is 6.92 Å². The van der Waals surface area contributed by atoms with Crippen LogP contribution in [0.1, 0.15) is 46.0 Å². The molecule has 3 atom stereocenters. The van der Waals surface area contributed by atoms with Gasteiger partial charge in [-0.2, -0.15) is 0 Å². The number of allylic oxidation sites excluding steroid dienone is 1. The van der Waals surface area contributed by atoms with Crippen molar-refractivity contribution >= 4 is 0 Å². The van der Waals surface area contributed by atoms with Crippen LogP contribution < -0.4 is 0 Å². The Labute approximate surface area is 145 Å². The largest absolute Gasteiger partial charge is 0.502 e. The number of aliphatic hydroxyl groups excluding tert-OH is 2. The zero-order valence-corrected chi connectivity index (χ0v) is 15.3. The summed E-state index contributed by atoms with van der Waals surface area (Å²) in [5.74, 6) is 0.600. The van der Waals surface area contributed by atoms with Gasteiger partial charge in [0, 0.05) is 12.6 Å². The molecule has 3 unspecified atom stereocenters. The first-order valence-electron chi connectivity index (χ1n) is 8.91. The van der Waals surface area contributed by atoms with Gasteiger partial charge in [-0.3, -0.25) is 4.90 Å². The van der Waals surface area contributed by atoms with Gasteiger partial charge in [0.05, 0.1) is 19.5 Å². The van der Waals surface area contributed by atoms with E-state index in [2.05, 4.69) is 18.9 Å². The van der Waals surface area contributed by atoms with Crippen molar-refractivity contribution in [2.45, 2.75) is 58.1 Å². The van der Waals surface area contributed by atoms with E-state index in [4.69, 9.17) is 9.47 Å². The fraction of sp³-hybridized carbons (Fsp3) is 0.684. The van der Waals surface area contributed by atoms with Gasteiger partial charge in [0.25, 0.3) is 0 Å². The fourth-order valence-electron chi connectivity index (χ4n) is 3.63. The Hall–Kier alpha value is -1.46. The average Bonchev–Trinajstić information content (AvgIpc) is 2.72. The number of fused-ring (bicyclic) bond motifs is 1. The van der Waals surface area contributed by atoms with E-state index in [0.29, 0.717) is 5.92 Å². The minimum absolute atomic E-state index is 0.0349. The van der Waals surface area contributed by atoms with Crippen molar-refractivity contribution in [2.24, 2.45) is 5.92 Å². The van der Waals surface area contributed by atoms with Crippen molar-refractivity contribution in [1.29, 1.82) is 0 Å².